The molecule has 0 fully saturated rings. The second kappa shape index (κ2) is 11.2. The summed E-state index contributed by atoms with van der Waals surface area (Å²) in [6.45, 7) is 2.24. The molecule has 0 nitrogen and oxygen atoms in total. The molecule has 0 N–H and O–H groups in total. The molecule has 0 aliphatic heterocycles. The second-order valence-electron chi connectivity index (χ2n) is 5.76. The van der Waals surface area contributed by atoms with Crippen molar-refractivity contribution in [2.45, 2.75) is 76.0 Å². The van der Waals surface area contributed by atoms with Crippen molar-refractivity contribution in [2.75, 3.05) is 0 Å². The van der Waals surface area contributed by atoms with Crippen LogP contribution in [0.25, 0.3) is 0 Å². The quantitative estimate of drug-likeness (QED) is 0.286. The van der Waals surface area contributed by atoms with Crippen molar-refractivity contribution in [3.05, 3.63) is 35.4 Å². The van der Waals surface area contributed by atoms with Crippen molar-refractivity contribution < 1.29 is 8.78 Å². The van der Waals surface area contributed by atoms with Crippen molar-refractivity contribution in [1.29, 1.82) is 0 Å². The molecule has 1 aromatic rings. The Morgan fingerprint density at radius 1 is 0.857 bits per heavy atom. The average Bonchev–Trinajstić information content (AvgIpc) is 2.48. The Labute approximate surface area is 136 Å². The fraction of sp³-hybridized carbons (Fsp3) is 0.667. The third kappa shape index (κ3) is 7.94. The van der Waals surface area contributed by atoms with Crippen LogP contribution in [0.15, 0.2) is 18.2 Å². The number of alkyl halides is 1. The number of benzene rings is 1. The first-order valence-electron chi connectivity index (χ1n) is 8.24. The van der Waals surface area contributed by atoms with Crippen LogP contribution in [0.2, 0.25) is 0 Å². The van der Waals surface area contributed by atoms with Crippen LogP contribution in [-0.2, 0) is 0 Å². The molecule has 1 unspecified atom stereocenters. The molecule has 0 heterocycles. The van der Waals surface area contributed by atoms with Crippen LogP contribution in [0.3, 0.4) is 0 Å². The topological polar surface area (TPSA) is 0 Å². The Morgan fingerprint density at radius 3 is 2.00 bits per heavy atom. The minimum absolute atomic E-state index is 0.122. The molecule has 0 aliphatic carbocycles. The summed E-state index contributed by atoms with van der Waals surface area (Å²) in [6.07, 6.45) is 12.7. The van der Waals surface area contributed by atoms with Gasteiger partial charge >= 0.3 is 0 Å². The van der Waals surface area contributed by atoms with Crippen molar-refractivity contribution >= 4 is 15.9 Å². The van der Waals surface area contributed by atoms with Crippen molar-refractivity contribution in [3.63, 3.8) is 0 Å². The maximum absolute atomic E-state index is 13.2. The third-order valence-electron chi connectivity index (χ3n) is 3.87. The van der Waals surface area contributed by atoms with Crippen LogP contribution < -0.4 is 0 Å². The van der Waals surface area contributed by atoms with Crippen molar-refractivity contribution in [3.8, 4) is 0 Å². The lowest BCUT2D eigenvalue weighted by Gasteiger charge is -2.10. The number of halogens is 3. The summed E-state index contributed by atoms with van der Waals surface area (Å²) in [7, 11) is 0. The SMILES string of the molecule is CCCCCCCCCCCC(Br)c1ccc(F)c(F)c1. The van der Waals surface area contributed by atoms with Crippen LogP contribution >= 0.6 is 15.9 Å². The van der Waals surface area contributed by atoms with Crippen molar-refractivity contribution in [1.82, 2.24) is 0 Å². The van der Waals surface area contributed by atoms with Gasteiger partial charge in [-0.1, -0.05) is 86.7 Å². The summed E-state index contributed by atoms with van der Waals surface area (Å²) in [6, 6.07) is 4.16. The summed E-state index contributed by atoms with van der Waals surface area (Å²) in [5.41, 5.74) is 0.827. The van der Waals surface area contributed by atoms with E-state index in [0.717, 1.165) is 18.4 Å². The summed E-state index contributed by atoms with van der Waals surface area (Å²) in [4.78, 5) is 0.122. The van der Waals surface area contributed by atoms with E-state index >= 15 is 0 Å². The molecule has 1 rings (SSSR count). The highest BCUT2D eigenvalue weighted by Crippen LogP contribution is 2.29. The molecule has 0 saturated heterocycles. The lowest BCUT2D eigenvalue weighted by molar-refractivity contribution is 0.506. The highest BCUT2D eigenvalue weighted by atomic mass is 79.9. The normalized spacial score (nSPS) is 12.6. The number of rotatable bonds is 11. The maximum Gasteiger partial charge on any atom is 0.159 e. The molecule has 0 radical (unpaired) electrons. The lowest BCUT2D eigenvalue weighted by atomic mass is 10.0. The lowest BCUT2D eigenvalue weighted by Crippen LogP contribution is -1.93. The number of hydrogen-bond acceptors (Lipinski definition) is 0. The Kier molecular flexibility index (Phi) is 9.90. The molecular formula is C18H27BrF2. The first-order valence-corrected chi connectivity index (χ1v) is 9.15. The molecule has 21 heavy (non-hydrogen) atoms. The average molecular weight is 361 g/mol. The van der Waals surface area contributed by atoms with Crippen LogP contribution in [-0.4, -0.2) is 0 Å². The van der Waals surface area contributed by atoms with E-state index in [1.165, 1.54) is 63.5 Å². The number of unbranched alkanes of at least 4 members (excludes halogenated alkanes) is 8. The van der Waals surface area contributed by atoms with Gasteiger partial charge in [0.1, 0.15) is 0 Å². The second-order valence-corrected chi connectivity index (χ2v) is 6.86. The van der Waals surface area contributed by atoms with Crippen LogP contribution in [0, 0.1) is 11.6 Å². The van der Waals surface area contributed by atoms with E-state index in [-0.39, 0.29) is 4.83 Å². The molecule has 0 aromatic heterocycles. The molecule has 1 atom stereocenters. The van der Waals surface area contributed by atoms with Gasteiger partial charge in [0.25, 0.3) is 0 Å². The smallest absolute Gasteiger partial charge is 0.159 e. The monoisotopic (exact) mass is 360 g/mol. The summed E-state index contributed by atoms with van der Waals surface area (Å²) in [5, 5.41) is 0. The van der Waals surface area contributed by atoms with Gasteiger partial charge in [0.05, 0.1) is 0 Å². The van der Waals surface area contributed by atoms with E-state index in [2.05, 4.69) is 22.9 Å². The van der Waals surface area contributed by atoms with E-state index in [1.54, 1.807) is 6.07 Å². The largest absolute Gasteiger partial charge is 0.204 e. The van der Waals surface area contributed by atoms with E-state index in [4.69, 9.17) is 0 Å². The maximum atomic E-state index is 13.2. The predicted molar refractivity (Wildman–Crippen MR) is 89.9 cm³/mol. The number of hydrogen-bond donors (Lipinski definition) is 0. The van der Waals surface area contributed by atoms with E-state index in [9.17, 15) is 8.78 Å². The highest BCUT2D eigenvalue weighted by Gasteiger charge is 2.10. The predicted octanol–water partition coefficient (Wildman–Crippen LogP) is 7.32. The molecule has 0 spiro atoms. The van der Waals surface area contributed by atoms with Gasteiger partial charge in [-0.25, -0.2) is 8.78 Å². The van der Waals surface area contributed by atoms with Gasteiger partial charge in [-0.05, 0) is 24.1 Å². The molecule has 0 aliphatic rings. The van der Waals surface area contributed by atoms with Gasteiger partial charge in [-0.2, -0.15) is 0 Å². The van der Waals surface area contributed by atoms with E-state index < -0.39 is 11.6 Å². The van der Waals surface area contributed by atoms with Gasteiger partial charge in [0, 0.05) is 4.83 Å². The molecule has 0 saturated carbocycles. The third-order valence-corrected chi connectivity index (χ3v) is 4.85. The van der Waals surface area contributed by atoms with Crippen LogP contribution in [0.1, 0.15) is 81.5 Å². The van der Waals surface area contributed by atoms with Crippen molar-refractivity contribution in [2.24, 2.45) is 0 Å². The first-order chi connectivity index (χ1) is 10.1. The van der Waals surface area contributed by atoms with Gasteiger partial charge in [0.2, 0.25) is 0 Å². The van der Waals surface area contributed by atoms with Crippen LogP contribution in [0.4, 0.5) is 8.78 Å². The summed E-state index contributed by atoms with van der Waals surface area (Å²) in [5.74, 6) is -1.54. The Morgan fingerprint density at radius 2 is 1.43 bits per heavy atom. The summed E-state index contributed by atoms with van der Waals surface area (Å²) < 4.78 is 26.0. The standard InChI is InChI=1S/C18H27BrF2/c1-2-3-4-5-6-7-8-9-10-11-16(19)15-12-13-17(20)18(21)14-15/h12-14,16H,2-11H2,1H3. The fourth-order valence-electron chi connectivity index (χ4n) is 2.51. The molecule has 3 heteroatoms. The van der Waals surface area contributed by atoms with Gasteiger partial charge in [0.15, 0.2) is 11.6 Å². The Bertz CT molecular complexity index is 393. The zero-order valence-corrected chi connectivity index (χ0v) is 14.6. The fourth-order valence-corrected chi connectivity index (χ4v) is 3.12. The van der Waals surface area contributed by atoms with E-state index in [1.807, 2.05) is 0 Å². The molecule has 1 aromatic carbocycles. The zero-order chi connectivity index (χ0) is 15.5. The molecular weight excluding hydrogens is 334 g/mol. The first kappa shape index (κ1) is 18.6. The van der Waals surface area contributed by atoms with Gasteiger partial charge in [-0.15, -0.1) is 0 Å². The molecule has 120 valence electrons. The Balaban J connectivity index is 2.08. The molecule has 0 bridgehead atoms. The minimum atomic E-state index is -0.776. The summed E-state index contributed by atoms with van der Waals surface area (Å²) >= 11 is 3.57. The van der Waals surface area contributed by atoms with E-state index in [0.29, 0.717) is 0 Å². The zero-order valence-electron chi connectivity index (χ0n) is 13.0. The van der Waals surface area contributed by atoms with Gasteiger partial charge < -0.3 is 0 Å². The molecule has 0 amide bonds. The Hall–Kier alpha value is -0.440. The van der Waals surface area contributed by atoms with Crippen LogP contribution in [0.5, 0.6) is 0 Å². The highest BCUT2D eigenvalue weighted by molar-refractivity contribution is 9.09. The minimum Gasteiger partial charge on any atom is -0.204 e. The van der Waals surface area contributed by atoms with Gasteiger partial charge in [-0.3, -0.25) is 0 Å².